The van der Waals surface area contributed by atoms with E-state index in [2.05, 4.69) is 20.2 Å². The number of piperazine rings is 1. The lowest BCUT2D eigenvalue weighted by atomic mass is 10.1. The molecule has 1 saturated heterocycles. The van der Waals surface area contributed by atoms with Crippen LogP contribution < -0.4 is 0 Å². The van der Waals surface area contributed by atoms with Crippen molar-refractivity contribution in [3.8, 4) is 11.4 Å². The van der Waals surface area contributed by atoms with E-state index in [-0.39, 0.29) is 71.5 Å². The number of hydrogen-bond acceptors (Lipinski definition) is 6. The number of nitrogens with one attached hydrogen (secondary N) is 2. The zero-order valence-electron chi connectivity index (χ0n) is 20.7. The van der Waals surface area contributed by atoms with Gasteiger partial charge < -0.3 is 19.7 Å². The first kappa shape index (κ1) is 24.8. The Balaban J connectivity index is 1.35. The summed E-state index contributed by atoms with van der Waals surface area (Å²) in [4.78, 5) is 62.4. The van der Waals surface area contributed by atoms with Crippen LogP contribution in [0.5, 0.6) is 0 Å². The number of amides is 3. The molecule has 0 bridgehead atoms. The molecule has 4 heterocycles. The van der Waals surface area contributed by atoms with E-state index in [1.807, 2.05) is 6.07 Å². The first-order valence-corrected chi connectivity index (χ1v) is 11.9. The van der Waals surface area contributed by atoms with Gasteiger partial charge in [-0.25, -0.2) is 9.37 Å². The molecule has 0 radical (unpaired) electrons. The average molecular weight is 518 g/mol. The normalized spacial score (nSPS) is 13.6. The minimum Gasteiger partial charge on any atom is -0.359 e. The van der Waals surface area contributed by atoms with Gasteiger partial charge in [-0.3, -0.25) is 24.3 Å². The number of hydrogen-bond donors (Lipinski definition) is 2. The summed E-state index contributed by atoms with van der Waals surface area (Å²) in [7, 11) is 3.19. The molecule has 0 atom stereocenters. The second-order valence-corrected chi connectivity index (χ2v) is 9.05. The Morgan fingerprint density at radius 2 is 1.68 bits per heavy atom. The summed E-state index contributed by atoms with van der Waals surface area (Å²) in [5.41, 5.74) is 1.30. The van der Waals surface area contributed by atoms with Gasteiger partial charge in [0.05, 0.1) is 22.7 Å². The molecule has 2 N–H and O–H groups in total. The molecule has 4 aromatic rings. The van der Waals surface area contributed by atoms with Crippen LogP contribution in [-0.2, 0) is 4.79 Å². The Morgan fingerprint density at radius 1 is 1.00 bits per heavy atom. The van der Waals surface area contributed by atoms with Crippen molar-refractivity contribution < 1.29 is 23.6 Å². The van der Waals surface area contributed by atoms with E-state index in [9.17, 15) is 23.6 Å². The topological polar surface area (TPSA) is 135 Å². The molecule has 194 valence electrons. The second-order valence-electron chi connectivity index (χ2n) is 9.05. The minimum atomic E-state index is -0.874. The van der Waals surface area contributed by atoms with Crippen LogP contribution in [0.3, 0.4) is 0 Å². The molecule has 11 nitrogen and oxygen atoms in total. The van der Waals surface area contributed by atoms with Crippen LogP contribution in [0.1, 0.15) is 31.2 Å². The van der Waals surface area contributed by atoms with Gasteiger partial charge in [0.1, 0.15) is 17.1 Å². The van der Waals surface area contributed by atoms with E-state index in [0.717, 1.165) is 6.20 Å². The number of halogens is 1. The maximum Gasteiger partial charge on any atom is 0.295 e. The number of aromatic amines is 2. The van der Waals surface area contributed by atoms with Crippen LogP contribution in [-0.4, -0.2) is 98.6 Å². The number of pyridine rings is 1. The monoisotopic (exact) mass is 517 g/mol. The van der Waals surface area contributed by atoms with Crippen LogP contribution in [0.2, 0.25) is 0 Å². The van der Waals surface area contributed by atoms with Gasteiger partial charge in [-0.15, -0.1) is 0 Å². The molecule has 38 heavy (non-hydrogen) atoms. The van der Waals surface area contributed by atoms with Gasteiger partial charge in [0, 0.05) is 52.0 Å². The predicted molar refractivity (Wildman–Crippen MR) is 135 cm³/mol. The zero-order chi connectivity index (χ0) is 27.0. The van der Waals surface area contributed by atoms with Crippen molar-refractivity contribution in [2.75, 3.05) is 40.3 Å². The quantitative estimate of drug-likeness (QED) is 0.307. The maximum atomic E-state index is 14.9. The smallest absolute Gasteiger partial charge is 0.295 e. The third-order valence-electron chi connectivity index (χ3n) is 6.43. The Labute approximate surface area is 216 Å². The fraction of sp³-hybridized carbons (Fsp3) is 0.231. The van der Waals surface area contributed by atoms with E-state index in [1.54, 1.807) is 43.3 Å². The highest BCUT2D eigenvalue weighted by atomic mass is 19.1. The Kier molecular flexibility index (Phi) is 6.45. The van der Waals surface area contributed by atoms with Crippen LogP contribution in [0.25, 0.3) is 22.3 Å². The van der Waals surface area contributed by atoms with E-state index in [1.165, 1.54) is 22.1 Å². The van der Waals surface area contributed by atoms with Crippen LogP contribution in [0, 0.1) is 5.82 Å². The molecule has 1 aliphatic heterocycles. The minimum absolute atomic E-state index is 0.0882. The number of H-pyrrole nitrogens is 2. The number of benzene rings is 1. The fourth-order valence-electron chi connectivity index (χ4n) is 4.41. The van der Waals surface area contributed by atoms with Gasteiger partial charge in [-0.05, 0) is 18.2 Å². The average Bonchev–Trinajstić information content (AvgIpc) is 3.61. The molecule has 12 heteroatoms. The largest absolute Gasteiger partial charge is 0.359 e. The highest BCUT2D eigenvalue weighted by molar-refractivity contribution is 6.45. The first-order valence-electron chi connectivity index (χ1n) is 11.9. The number of nitrogens with zero attached hydrogens (tertiary/aromatic N) is 5. The molecule has 0 aliphatic carbocycles. The van der Waals surface area contributed by atoms with Gasteiger partial charge in [0.15, 0.2) is 5.82 Å². The summed E-state index contributed by atoms with van der Waals surface area (Å²) in [6.07, 6.45) is 2.22. The van der Waals surface area contributed by atoms with E-state index >= 15 is 0 Å². The Hall–Kier alpha value is -4.87. The second kappa shape index (κ2) is 9.88. The molecule has 1 fully saturated rings. The number of carbonyl (C=O) groups is 4. The van der Waals surface area contributed by atoms with Crippen LogP contribution in [0.4, 0.5) is 4.39 Å². The third kappa shape index (κ3) is 4.40. The van der Waals surface area contributed by atoms with Gasteiger partial charge in [0.25, 0.3) is 23.5 Å². The van der Waals surface area contributed by atoms with Crippen LogP contribution in [0.15, 0.2) is 48.8 Å². The molecule has 0 unspecified atom stereocenters. The fourth-order valence-corrected chi connectivity index (χ4v) is 4.41. The molecule has 3 amide bonds. The summed E-state index contributed by atoms with van der Waals surface area (Å²) < 4.78 is 14.9. The number of rotatable bonds is 5. The molecule has 1 aromatic carbocycles. The van der Waals surface area contributed by atoms with E-state index in [0.29, 0.717) is 5.56 Å². The van der Waals surface area contributed by atoms with Crippen molar-refractivity contribution in [2.24, 2.45) is 0 Å². The van der Waals surface area contributed by atoms with Gasteiger partial charge in [0.2, 0.25) is 0 Å². The van der Waals surface area contributed by atoms with Crippen molar-refractivity contribution in [3.63, 3.8) is 0 Å². The number of carbonyl (C=O) groups excluding carboxylic acids is 4. The Bertz CT molecular complexity index is 1550. The summed E-state index contributed by atoms with van der Waals surface area (Å²) in [6, 6.07) is 10.3. The van der Waals surface area contributed by atoms with Crippen molar-refractivity contribution >= 4 is 34.4 Å². The lowest BCUT2D eigenvalue weighted by Crippen LogP contribution is -2.52. The summed E-state index contributed by atoms with van der Waals surface area (Å²) in [6.45, 7) is 0.903. The van der Waals surface area contributed by atoms with Crippen molar-refractivity contribution in [1.82, 2.24) is 34.9 Å². The van der Waals surface area contributed by atoms with E-state index < -0.39 is 17.5 Å². The Morgan fingerprint density at radius 3 is 2.37 bits per heavy atom. The number of fused-ring (bicyclic) bond motifs is 1. The van der Waals surface area contributed by atoms with E-state index in [4.69, 9.17) is 0 Å². The summed E-state index contributed by atoms with van der Waals surface area (Å²) in [5, 5.41) is 6.65. The predicted octanol–water partition coefficient (Wildman–Crippen LogP) is 1.96. The molecule has 0 saturated carbocycles. The highest BCUT2D eigenvalue weighted by Gasteiger charge is 2.31. The third-order valence-corrected chi connectivity index (χ3v) is 6.43. The summed E-state index contributed by atoms with van der Waals surface area (Å²) >= 11 is 0. The zero-order valence-corrected chi connectivity index (χ0v) is 20.7. The van der Waals surface area contributed by atoms with Crippen molar-refractivity contribution in [2.45, 2.75) is 0 Å². The van der Waals surface area contributed by atoms with Gasteiger partial charge >= 0.3 is 0 Å². The molecule has 0 spiro atoms. The molecule has 3 aromatic heterocycles. The SMILES string of the molecule is CN(C)C(=O)c1cc(-c2ncc(F)c3c(C(=O)C(=O)N4CCN(C(=O)c5ccccc5)CC4)c[nH]c23)n[nH]1. The standard InChI is InChI=1S/C26H24FN7O4/c1-32(2)25(37)19-12-18(30-31-19)21-22-20(17(27)14-29-21)16(13-28-22)23(35)26(38)34-10-8-33(9-11-34)24(36)15-6-4-3-5-7-15/h3-7,12-14,28H,8-11H2,1-2H3,(H,30,31). The number of ketones is 1. The lowest BCUT2D eigenvalue weighted by Gasteiger charge is -2.34. The number of Topliss-reactive ketones (excluding diaryl/α,β-unsaturated/α-hetero) is 1. The van der Waals surface area contributed by atoms with Crippen molar-refractivity contribution in [1.29, 1.82) is 0 Å². The number of aromatic nitrogens is 4. The first-order chi connectivity index (χ1) is 18.3. The molecular formula is C26H24FN7O4. The van der Waals surface area contributed by atoms with Crippen LogP contribution >= 0.6 is 0 Å². The maximum absolute atomic E-state index is 14.9. The summed E-state index contributed by atoms with van der Waals surface area (Å²) in [5.74, 6) is -2.88. The van der Waals surface area contributed by atoms with Gasteiger partial charge in [-0.2, -0.15) is 5.10 Å². The van der Waals surface area contributed by atoms with Crippen molar-refractivity contribution in [3.05, 3.63) is 71.4 Å². The lowest BCUT2D eigenvalue weighted by molar-refractivity contribution is -0.127. The van der Waals surface area contributed by atoms with Gasteiger partial charge in [-0.1, -0.05) is 18.2 Å². The molecule has 5 rings (SSSR count). The molecular weight excluding hydrogens is 493 g/mol. The highest BCUT2D eigenvalue weighted by Crippen LogP contribution is 2.30. The molecule has 1 aliphatic rings.